The molecule has 1 aliphatic rings. The lowest BCUT2D eigenvalue weighted by Gasteiger charge is -2.18. The number of fused-ring (bicyclic) bond motifs is 2. The first-order chi connectivity index (χ1) is 12.7. The number of anilines is 2. The fraction of sp³-hybridized carbons (Fsp3) is 0.143. The van der Waals surface area contributed by atoms with Crippen LogP contribution in [0.3, 0.4) is 0 Å². The molecule has 26 heavy (non-hydrogen) atoms. The van der Waals surface area contributed by atoms with Crippen LogP contribution in [0.4, 0.5) is 11.4 Å². The third kappa shape index (κ3) is 3.24. The second kappa shape index (κ2) is 6.88. The molecule has 1 heterocycles. The summed E-state index contributed by atoms with van der Waals surface area (Å²) < 4.78 is 0. The SMILES string of the molecule is NN=Cc1ccc2cc(C(=O)Nc3ccc4c(c3)CCCN4)ccc2c1. The number of hydrogen-bond acceptors (Lipinski definition) is 4. The second-order valence-corrected chi connectivity index (χ2v) is 6.46. The van der Waals surface area contributed by atoms with Gasteiger partial charge in [0.05, 0.1) is 6.21 Å². The summed E-state index contributed by atoms with van der Waals surface area (Å²) in [5.74, 6) is 5.09. The first-order valence-electron chi connectivity index (χ1n) is 8.68. The van der Waals surface area contributed by atoms with E-state index in [1.165, 1.54) is 5.56 Å². The molecule has 0 radical (unpaired) electrons. The summed E-state index contributed by atoms with van der Waals surface area (Å²) in [7, 11) is 0. The normalized spacial score (nSPS) is 13.4. The molecular formula is C21H20N4O. The molecule has 0 aliphatic carbocycles. The molecule has 0 saturated carbocycles. The minimum absolute atomic E-state index is 0.108. The second-order valence-electron chi connectivity index (χ2n) is 6.46. The van der Waals surface area contributed by atoms with Crippen molar-refractivity contribution in [2.24, 2.45) is 10.9 Å². The predicted molar refractivity (Wildman–Crippen MR) is 107 cm³/mol. The molecule has 0 bridgehead atoms. The van der Waals surface area contributed by atoms with Gasteiger partial charge in [-0.2, -0.15) is 5.10 Å². The standard InChI is InChI=1S/C21H20N4O/c22-24-13-14-3-4-16-11-18(6-5-15(16)10-14)21(26)25-19-7-8-20-17(12-19)2-1-9-23-20/h3-8,10-13,23H,1-2,9,22H2,(H,25,26). The smallest absolute Gasteiger partial charge is 0.255 e. The van der Waals surface area contributed by atoms with Crippen molar-refractivity contribution in [3.63, 3.8) is 0 Å². The number of nitrogens with one attached hydrogen (secondary N) is 2. The lowest BCUT2D eigenvalue weighted by molar-refractivity contribution is 0.102. The van der Waals surface area contributed by atoms with Crippen LogP contribution in [0.15, 0.2) is 59.7 Å². The number of carbonyl (C=O) groups excluding carboxylic acids is 1. The Kier molecular flexibility index (Phi) is 4.27. The molecule has 130 valence electrons. The molecule has 0 spiro atoms. The molecule has 0 unspecified atom stereocenters. The van der Waals surface area contributed by atoms with Crippen LogP contribution in [0.25, 0.3) is 10.8 Å². The van der Waals surface area contributed by atoms with E-state index in [0.29, 0.717) is 5.56 Å². The van der Waals surface area contributed by atoms with Crippen LogP contribution in [-0.4, -0.2) is 18.7 Å². The lowest BCUT2D eigenvalue weighted by atomic mass is 10.0. The maximum absolute atomic E-state index is 12.6. The van der Waals surface area contributed by atoms with Crippen molar-refractivity contribution in [2.75, 3.05) is 17.2 Å². The van der Waals surface area contributed by atoms with E-state index in [9.17, 15) is 4.79 Å². The molecule has 4 N–H and O–H groups in total. The highest BCUT2D eigenvalue weighted by atomic mass is 16.1. The van der Waals surface area contributed by atoms with Crippen LogP contribution in [0, 0.1) is 0 Å². The van der Waals surface area contributed by atoms with Crippen molar-refractivity contribution in [3.05, 3.63) is 71.3 Å². The Morgan fingerprint density at radius 1 is 1.08 bits per heavy atom. The molecule has 5 heteroatoms. The molecule has 1 aliphatic heterocycles. The van der Waals surface area contributed by atoms with Gasteiger partial charge in [0.1, 0.15) is 0 Å². The van der Waals surface area contributed by atoms with Crippen LogP contribution >= 0.6 is 0 Å². The van der Waals surface area contributed by atoms with Gasteiger partial charge < -0.3 is 16.5 Å². The van der Waals surface area contributed by atoms with Gasteiger partial charge in [-0.25, -0.2) is 0 Å². The lowest BCUT2D eigenvalue weighted by Crippen LogP contribution is -2.14. The Hall–Kier alpha value is -3.34. The molecule has 1 amide bonds. The number of nitrogens with two attached hydrogens (primary N) is 1. The largest absolute Gasteiger partial charge is 0.385 e. The van der Waals surface area contributed by atoms with E-state index in [0.717, 1.165) is 47.1 Å². The molecular weight excluding hydrogens is 324 g/mol. The number of rotatable bonds is 3. The first kappa shape index (κ1) is 16.1. The van der Waals surface area contributed by atoms with Gasteiger partial charge in [-0.15, -0.1) is 0 Å². The van der Waals surface area contributed by atoms with E-state index in [2.05, 4.69) is 21.8 Å². The van der Waals surface area contributed by atoms with Crippen molar-refractivity contribution >= 4 is 34.3 Å². The van der Waals surface area contributed by atoms with Crippen LogP contribution in [0.2, 0.25) is 0 Å². The fourth-order valence-corrected chi connectivity index (χ4v) is 3.33. The highest BCUT2D eigenvalue weighted by Crippen LogP contribution is 2.25. The summed E-state index contributed by atoms with van der Waals surface area (Å²) in [6.45, 7) is 1.01. The summed E-state index contributed by atoms with van der Waals surface area (Å²) in [6, 6.07) is 17.6. The average molecular weight is 344 g/mol. The van der Waals surface area contributed by atoms with Crippen LogP contribution in [-0.2, 0) is 6.42 Å². The first-order valence-corrected chi connectivity index (χ1v) is 8.68. The quantitative estimate of drug-likeness (QED) is 0.385. The maximum atomic E-state index is 12.6. The third-order valence-corrected chi connectivity index (χ3v) is 4.65. The molecule has 3 aromatic carbocycles. The van der Waals surface area contributed by atoms with E-state index in [1.54, 1.807) is 6.21 Å². The Labute approximate surface area is 151 Å². The van der Waals surface area contributed by atoms with Crippen molar-refractivity contribution < 1.29 is 4.79 Å². The van der Waals surface area contributed by atoms with E-state index in [-0.39, 0.29) is 5.91 Å². The fourth-order valence-electron chi connectivity index (χ4n) is 3.33. The summed E-state index contributed by atoms with van der Waals surface area (Å²) in [6.07, 6.45) is 3.76. The minimum atomic E-state index is -0.108. The van der Waals surface area contributed by atoms with Crippen molar-refractivity contribution in [1.29, 1.82) is 0 Å². The average Bonchev–Trinajstić information content (AvgIpc) is 2.67. The van der Waals surface area contributed by atoms with Gasteiger partial charge in [0.25, 0.3) is 5.91 Å². The van der Waals surface area contributed by atoms with Crippen molar-refractivity contribution in [2.45, 2.75) is 12.8 Å². The molecule has 0 atom stereocenters. The number of hydrazone groups is 1. The monoisotopic (exact) mass is 344 g/mol. The zero-order valence-electron chi connectivity index (χ0n) is 14.3. The Morgan fingerprint density at radius 3 is 2.81 bits per heavy atom. The van der Waals surface area contributed by atoms with Gasteiger partial charge in [0, 0.05) is 23.5 Å². The van der Waals surface area contributed by atoms with Gasteiger partial charge in [-0.1, -0.05) is 18.2 Å². The third-order valence-electron chi connectivity index (χ3n) is 4.65. The molecule has 0 fully saturated rings. The van der Waals surface area contributed by atoms with Crippen molar-refractivity contribution in [1.82, 2.24) is 0 Å². The Morgan fingerprint density at radius 2 is 1.92 bits per heavy atom. The van der Waals surface area contributed by atoms with Crippen molar-refractivity contribution in [3.8, 4) is 0 Å². The summed E-state index contributed by atoms with van der Waals surface area (Å²) in [4.78, 5) is 12.6. The number of benzene rings is 3. The van der Waals surface area contributed by atoms with Gasteiger partial charge in [-0.05, 0) is 71.1 Å². The Balaban J connectivity index is 1.57. The van der Waals surface area contributed by atoms with Crippen LogP contribution in [0.1, 0.15) is 27.9 Å². The zero-order chi connectivity index (χ0) is 17.9. The minimum Gasteiger partial charge on any atom is -0.385 e. The van der Waals surface area contributed by atoms with E-state index < -0.39 is 0 Å². The summed E-state index contributed by atoms with van der Waals surface area (Å²) >= 11 is 0. The van der Waals surface area contributed by atoms with Crippen LogP contribution in [0.5, 0.6) is 0 Å². The van der Waals surface area contributed by atoms with Gasteiger partial charge in [-0.3, -0.25) is 4.79 Å². The number of nitrogens with zero attached hydrogens (tertiary/aromatic N) is 1. The van der Waals surface area contributed by atoms with E-state index in [4.69, 9.17) is 5.84 Å². The highest BCUT2D eigenvalue weighted by molar-refractivity contribution is 6.06. The number of amides is 1. The van der Waals surface area contributed by atoms with Gasteiger partial charge in [0.15, 0.2) is 0 Å². The molecule has 4 rings (SSSR count). The summed E-state index contributed by atoms with van der Waals surface area (Å²) in [5, 5.41) is 12.0. The number of aryl methyl sites for hydroxylation is 1. The molecule has 3 aromatic rings. The van der Waals surface area contributed by atoms with E-state index >= 15 is 0 Å². The van der Waals surface area contributed by atoms with Crippen LogP contribution < -0.4 is 16.5 Å². The highest BCUT2D eigenvalue weighted by Gasteiger charge is 2.11. The van der Waals surface area contributed by atoms with E-state index in [1.807, 2.05) is 48.5 Å². The summed E-state index contributed by atoms with van der Waals surface area (Å²) in [5.41, 5.74) is 4.80. The number of hydrogen-bond donors (Lipinski definition) is 3. The topological polar surface area (TPSA) is 79.5 Å². The molecule has 5 nitrogen and oxygen atoms in total. The Bertz CT molecular complexity index is 1010. The molecule has 0 aromatic heterocycles. The number of carbonyl (C=O) groups is 1. The maximum Gasteiger partial charge on any atom is 0.255 e. The zero-order valence-corrected chi connectivity index (χ0v) is 14.3. The predicted octanol–water partition coefficient (Wildman–Crippen LogP) is 3.74. The van der Waals surface area contributed by atoms with Gasteiger partial charge in [0.2, 0.25) is 0 Å². The van der Waals surface area contributed by atoms with Gasteiger partial charge >= 0.3 is 0 Å². The molecule has 0 saturated heterocycles.